The summed E-state index contributed by atoms with van der Waals surface area (Å²) in [5.74, 6) is 0.244. The molecule has 0 spiro atoms. The highest BCUT2D eigenvalue weighted by atomic mass is 32.1. The van der Waals surface area contributed by atoms with Gasteiger partial charge in [0, 0.05) is 5.56 Å². The van der Waals surface area contributed by atoms with E-state index in [1.165, 1.54) is 0 Å². The van der Waals surface area contributed by atoms with Crippen molar-refractivity contribution in [1.82, 2.24) is 8.75 Å². The van der Waals surface area contributed by atoms with Crippen LogP contribution >= 0.6 is 11.7 Å². The lowest BCUT2D eigenvalue weighted by Crippen LogP contribution is -1.99. The molecule has 17 heavy (non-hydrogen) atoms. The average Bonchev–Trinajstić information content (AvgIpc) is 2.63. The monoisotopic (exact) mass is 254 g/mol. The van der Waals surface area contributed by atoms with Crippen molar-refractivity contribution in [3.05, 3.63) is 23.0 Å². The van der Waals surface area contributed by atoms with E-state index in [1.54, 1.807) is 6.07 Å². The Morgan fingerprint density at radius 1 is 1.06 bits per heavy atom. The zero-order valence-corrected chi connectivity index (χ0v) is 10.7. The lowest BCUT2D eigenvalue weighted by Gasteiger charge is -2.12. The van der Waals surface area contributed by atoms with Crippen LogP contribution in [-0.2, 0) is 0 Å². The molecule has 0 aliphatic rings. The zero-order chi connectivity index (χ0) is 11.9. The molecule has 0 atom stereocenters. The number of benzene rings is 1. The van der Waals surface area contributed by atoms with Crippen LogP contribution in [0.3, 0.4) is 0 Å². The quantitative estimate of drug-likeness (QED) is 0.775. The molecule has 0 amide bonds. The summed E-state index contributed by atoms with van der Waals surface area (Å²) in [5, 5.41) is 0. The van der Waals surface area contributed by atoms with Gasteiger partial charge in [0.1, 0.15) is 16.9 Å². The molecule has 0 unspecified atom stereocenters. The Morgan fingerprint density at radius 3 is 2.18 bits per heavy atom. The Hall–Kier alpha value is -1.03. The molecular weight excluding hydrogens is 235 g/mol. The van der Waals surface area contributed by atoms with Gasteiger partial charge in [-0.3, -0.25) is 0 Å². The molecule has 1 heterocycles. The molecule has 0 aliphatic heterocycles. The maximum atomic E-state index is 14.0. The minimum atomic E-state index is -0.154. The maximum absolute atomic E-state index is 14.0. The van der Waals surface area contributed by atoms with Gasteiger partial charge in [-0.15, -0.1) is 0 Å². The van der Waals surface area contributed by atoms with Crippen LogP contribution in [0.25, 0.3) is 11.0 Å². The van der Waals surface area contributed by atoms with Gasteiger partial charge in [-0.2, -0.15) is 8.75 Å². The Kier molecular flexibility index (Phi) is 4.20. The van der Waals surface area contributed by atoms with Crippen molar-refractivity contribution in [2.45, 2.75) is 47.0 Å². The van der Waals surface area contributed by atoms with Gasteiger partial charge in [0.05, 0.1) is 11.7 Å². The molecule has 0 radical (unpaired) electrons. The number of hydrogen-bond acceptors (Lipinski definition) is 3. The molecule has 0 saturated carbocycles. The van der Waals surface area contributed by atoms with E-state index in [2.05, 4.69) is 8.75 Å². The molecular formula is C13H19FN2S. The van der Waals surface area contributed by atoms with Gasteiger partial charge in [-0.25, -0.2) is 4.39 Å². The summed E-state index contributed by atoms with van der Waals surface area (Å²) >= 11 is 1.16. The van der Waals surface area contributed by atoms with E-state index in [-0.39, 0.29) is 25.1 Å². The molecule has 94 valence electrons. The van der Waals surface area contributed by atoms with E-state index in [1.807, 2.05) is 27.7 Å². The summed E-state index contributed by atoms with van der Waals surface area (Å²) in [6.45, 7) is 8.05. The van der Waals surface area contributed by atoms with Crippen LogP contribution in [0.4, 0.5) is 4.39 Å². The molecule has 2 rings (SSSR count). The number of fused-ring (bicyclic) bond motifs is 1. The van der Waals surface area contributed by atoms with E-state index < -0.39 is 0 Å². The molecule has 1 aromatic heterocycles. The maximum Gasteiger partial charge on any atom is 0.129 e. The summed E-state index contributed by atoms with van der Waals surface area (Å²) in [4.78, 5) is 0. The molecule has 0 bridgehead atoms. The second-order valence-electron chi connectivity index (χ2n) is 4.63. The summed E-state index contributed by atoms with van der Waals surface area (Å²) in [6.07, 6.45) is 0. The van der Waals surface area contributed by atoms with Crippen molar-refractivity contribution in [2.75, 3.05) is 0 Å². The van der Waals surface area contributed by atoms with Gasteiger partial charge in [-0.1, -0.05) is 35.1 Å². The number of hydrogen-bond donors (Lipinski definition) is 0. The van der Waals surface area contributed by atoms with Crippen molar-refractivity contribution in [1.29, 1.82) is 0 Å². The van der Waals surface area contributed by atoms with Gasteiger partial charge in [-0.05, 0) is 23.5 Å². The van der Waals surface area contributed by atoms with E-state index in [4.69, 9.17) is 0 Å². The third kappa shape index (κ3) is 2.32. The van der Waals surface area contributed by atoms with Gasteiger partial charge < -0.3 is 0 Å². The van der Waals surface area contributed by atoms with Crippen molar-refractivity contribution in [3.8, 4) is 0 Å². The van der Waals surface area contributed by atoms with E-state index in [0.29, 0.717) is 5.56 Å². The van der Waals surface area contributed by atoms with E-state index in [0.717, 1.165) is 28.3 Å². The third-order valence-corrected chi connectivity index (χ3v) is 3.28. The fourth-order valence-corrected chi connectivity index (χ4v) is 2.52. The van der Waals surface area contributed by atoms with Crippen molar-refractivity contribution < 1.29 is 4.39 Å². The van der Waals surface area contributed by atoms with Crippen LogP contribution in [0.5, 0.6) is 0 Å². The lowest BCUT2D eigenvalue weighted by molar-refractivity contribution is 0.598. The SMILES string of the molecule is C.CC(C)c1cc(F)c(C(C)C)c2nsnc12. The van der Waals surface area contributed by atoms with Gasteiger partial charge in [0.15, 0.2) is 0 Å². The summed E-state index contributed by atoms with van der Waals surface area (Å²) in [7, 11) is 0. The minimum Gasteiger partial charge on any atom is -0.207 e. The van der Waals surface area contributed by atoms with Crippen LogP contribution < -0.4 is 0 Å². The number of nitrogens with zero attached hydrogens (tertiary/aromatic N) is 2. The first-order valence-electron chi connectivity index (χ1n) is 5.47. The predicted octanol–water partition coefficient (Wildman–Crippen LogP) is 4.71. The highest BCUT2D eigenvalue weighted by Gasteiger charge is 2.19. The van der Waals surface area contributed by atoms with Crippen molar-refractivity contribution >= 4 is 22.8 Å². The molecule has 2 nitrogen and oxygen atoms in total. The Labute approximate surface area is 106 Å². The first-order chi connectivity index (χ1) is 7.52. The molecule has 0 N–H and O–H groups in total. The molecule has 1 aromatic carbocycles. The standard InChI is InChI=1S/C12H15FN2S.CH4/c1-6(2)8-5-9(13)10(7(3)4)12-11(8)14-16-15-12;/h5-7H,1-4H3;1H4. The number of rotatable bonds is 2. The van der Waals surface area contributed by atoms with Crippen molar-refractivity contribution in [2.24, 2.45) is 0 Å². The number of halogens is 1. The Bertz CT molecular complexity index is 517. The molecule has 2 aromatic rings. The average molecular weight is 254 g/mol. The van der Waals surface area contributed by atoms with Gasteiger partial charge in [0.2, 0.25) is 0 Å². The van der Waals surface area contributed by atoms with E-state index >= 15 is 0 Å². The molecule has 0 saturated heterocycles. The van der Waals surface area contributed by atoms with Crippen LogP contribution in [0, 0.1) is 5.82 Å². The third-order valence-electron chi connectivity index (χ3n) is 2.76. The second kappa shape index (κ2) is 5.08. The van der Waals surface area contributed by atoms with Gasteiger partial charge >= 0.3 is 0 Å². The van der Waals surface area contributed by atoms with Crippen LogP contribution in [0.2, 0.25) is 0 Å². The minimum absolute atomic E-state index is 0. The first kappa shape index (κ1) is 14.0. The molecule has 0 fully saturated rings. The highest BCUT2D eigenvalue weighted by Crippen LogP contribution is 2.32. The van der Waals surface area contributed by atoms with Crippen molar-refractivity contribution in [3.63, 3.8) is 0 Å². The Morgan fingerprint density at radius 2 is 1.65 bits per heavy atom. The fourth-order valence-electron chi connectivity index (χ4n) is 1.94. The summed E-state index contributed by atoms with van der Waals surface area (Å²) < 4.78 is 22.5. The summed E-state index contributed by atoms with van der Waals surface area (Å²) in [6, 6.07) is 1.61. The second-order valence-corrected chi connectivity index (χ2v) is 5.16. The fraction of sp³-hybridized carbons (Fsp3) is 0.538. The molecule has 4 heteroatoms. The topological polar surface area (TPSA) is 25.8 Å². The predicted molar refractivity (Wildman–Crippen MR) is 72.3 cm³/mol. The highest BCUT2D eigenvalue weighted by molar-refractivity contribution is 7.00. The van der Waals surface area contributed by atoms with E-state index in [9.17, 15) is 4.39 Å². The molecule has 0 aliphatic carbocycles. The smallest absolute Gasteiger partial charge is 0.129 e. The number of aromatic nitrogens is 2. The van der Waals surface area contributed by atoms with Crippen LogP contribution in [0.15, 0.2) is 6.07 Å². The zero-order valence-electron chi connectivity index (χ0n) is 9.91. The first-order valence-corrected chi connectivity index (χ1v) is 6.20. The van der Waals surface area contributed by atoms with Gasteiger partial charge in [0.25, 0.3) is 0 Å². The largest absolute Gasteiger partial charge is 0.207 e. The normalized spacial score (nSPS) is 11.2. The Balaban J connectivity index is 0.00000144. The van der Waals surface area contributed by atoms with Crippen LogP contribution in [0.1, 0.15) is 58.1 Å². The summed E-state index contributed by atoms with van der Waals surface area (Å²) in [5.41, 5.74) is 3.24. The lowest BCUT2D eigenvalue weighted by atomic mass is 9.94. The van der Waals surface area contributed by atoms with Crippen LogP contribution in [-0.4, -0.2) is 8.75 Å².